The van der Waals surface area contributed by atoms with Gasteiger partial charge in [0.15, 0.2) is 0 Å². The second-order valence-electron chi connectivity index (χ2n) is 9.07. The van der Waals surface area contributed by atoms with Gasteiger partial charge in [0.25, 0.3) is 10.0 Å². The molecule has 0 radical (unpaired) electrons. The molecule has 180 valence electrons. The van der Waals surface area contributed by atoms with Crippen molar-refractivity contribution in [3.63, 3.8) is 0 Å². The molecule has 2 heterocycles. The van der Waals surface area contributed by atoms with Crippen molar-refractivity contribution in [3.8, 4) is 5.75 Å². The number of halogens is 1. The van der Waals surface area contributed by atoms with Gasteiger partial charge in [-0.1, -0.05) is 36.6 Å². The number of anilines is 1. The Morgan fingerprint density at radius 1 is 1.09 bits per heavy atom. The highest BCUT2D eigenvalue weighted by molar-refractivity contribution is 7.94. The number of hydrogen-bond acceptors (Lipinski definition) is 6. The normalized spacial score (nSPS) is 17.4. The van der Waals surface area contributed by atoms with Gasteiger partial charge in [-0.15, -0.1) is 11.3 Å². The largest absolute Gasteiger partial charge is 0.507 e. The van der Waals surface area contributed by atoms with Crippen LogP contribution >= 0.6 is 22.9 Å². The maximum absolute atomic E-state index is 13.1. The van der Waals surface area contributed by atoms with Crippen molar-refractivity contribution in [2.24, 2.45) is 5.92 Å². The number of aryl methyl sites for hydroxylation is 1. The van der Waals surface area contributed by atoms with Crippen molar-refractivity contribution >= 4 is 38.6 Å². The van der Waals surface area contributed by atoms with Gasteiger partial charge in [0, 0.05) is 23.6 Å². The fraction of sp³-hybridized carbons (Fsp3) is 0.400. The van der Waals surface area contributed by atoms with Crippen LogP contribution in [0.4, 0.5) is 5.69 Å². The maximum atomic E-state index is 13.1. The lowest BCUT2D eigenvalue weighted by Crippen LogP contribution is -2.19. The number of hydrogen-bond donors (Lipinski definition) is 2. The Balaban J connectivity index is 1.53. The summed E-state index contributed by atoms with van der Waals surface area (Å²) in [5.74, 6) is 0.511. The molecule has 1 atom stereocenters. The minimum Gasteiger partial charge on any atom is -0.507 e. The van der Waals surface area contributed by atoms with Crippen LogP contribution in [-0.2, 0) is 22.9 Å². The zero-order valence-corrected chi connectivity index (χ0v) is 20.9. The SMILES string of the molecule is O=c1oc2c(c(O)c1C(c1cccc(NS(=O)(=O)c3ccc(Cl)s3)c1)C1CC1)CCCCCC2. The Morgan fingerprint density at radius 3 is 2.56 bits per heavy atom. The molecule has 1 aromatic carbocycles. The molecule has 2 aliphatic carbocycles. The third kappa shape index (κ3) is 4.76. The third-order valence-electron chi connectivity index (χ3n) is 6.61. The van der Waals surface area contributed by atoms with Crippen LogP contribution in [0.1, 0.15) is 66.9 Å². The van der Waals surface area contributed by atoms with Gasteiger partial charge in [0.1, 0.15) is 15.7 Å². The summed E-state index contributed by atoms with van der Waals surface area (Å²) < 4.78 is 34.4. The summed E-state index contributed by atoms with van der Waals surface area (Å²) in [6.45, 7) is 0. The summed E-state index contributed by atoms with van der Waals surface area (Å²) >= 11 is 6.89. The topological polar surface area (TPSA) is 96.6 Å². The van der Waals surface area contributed by atoms with E-state index in [1.807, 2.05) is 6.07 Å². The predicted molar refractivity (Wildman–Crippen MR) is 134 cm³/mol. The van der Waals surface area contributed by atoms with Crippen LogP contribution < -0.4 is 10.3 Å². The number of thiophene rings is 1. The van der Waals surface area contributed by atoms with Gasteiger partial charge in [0.2, 0.25) is 0 Å². The Morgan fingerprint density at radius 2 is 1.85 bits per heavy atom. The average Bonchev–Trinajstić information content (AvgIpc) is 3.51. The molecule has 2 N–H and O–H groups in total. The summed E-state index contributed by atoms with van der Waals surface area (Å²) in [5.41, 5.74) is 1.73. The molecule has 9 heteroatoms. The quantitative estimate of drug-likeness (QED) is 0.412. The van der Waals surface area contributed by atoms with Crippen molar-refractivity contribution in [2.75, 3.05) is 4.72 Å². The summed E-state index contributed by atoms with van der Waals surface area (Å²) in [5, 5.41) is 11.3. The van der Waals surface area contributed by atoms with E-state index in [1.54, 1.807) is 24.3 Å². The zero-order chi connectivity index (χ0) is 23.9. The van der Waals surface area contributed by atoms with Gasteiger partial charge in [-0.3, -0.25) is 4.72 Å². The van der Waals surface area contributed by atoms with Crippen LogP contribution in [-0.4, -0.2) is 13.5 Å². The Labute approximate surface area is 207 Å². The Kier molecular flexibility index (Phi) is 6.48. The molecule has 3 aromatic rings. The standard InChI is InChI=1S/C25H26ClNO5S2/c26-20-12-13-21(33-20)34(30,31)27-17-7-5-6-16(14-17)22(15-10-11-15)23-24(28)18-8-3-1-2-4-9-19(18)32-25(23)29/h5-7,12-15,22,27-28H,1-4,8-11H2. The Hall–Kier alpha value is -2.29. The first-order valence-corrected chi connectivity index (χ1v) is 14.3. The van der Waals surface area contributed by atoms with E-state index in [-0.39, 0.29) is 21.8 Å². The number of fused-ring (bicyclic) bond motifs is 1. The van der Waals surface area contributed by atoms with Gasteiger partial charge in [-0.2, -0.15) is 0 Å². The first-order chi connectivity index (χ1) is 16.3. The van der Waals surface area contributed by atoms with Crippen LogP contribution in [0, 0.1) is 5.92 Å². The van der Waals surface area contributed by atoms with Gasteiger partial charge >= 0.3 is 5.63 Å². The molecular formula is C25H26ClNO5S2. The smallest absolute Gasteiger partial charge is 0.343 e. The Bertz CT molecular complexity index is 1370. The van der Waals surface area contributed by atoms with Crippen molar-refractivity contribution in [1.82, 2.24) is 0 Å². The fourth-order valence-corrected chi connectivity index (χ4v) is 7.37. The highest BCUT2D eigenvalue weighted by atomic mass is 35.5. The molecule has 5 rings (SSSR count). The summed E-state index contributed by atoms with van der Waals surface area (Å²) in [6, 6.07) is 10.1. The lowest BCUT2D eigenvalue weighted by atomic mass is 9.85. The maximum Gasteiger partial charge on any atom is 0.343 e. The van der Waals surface area contributed by atoms with Crippen molar-refractivity contribution in [1.29, 1.82) is 0 Å². The fourth-order valence-electron chi connectivity index (χ4n) is 4.84. The third-order valence-corrected chi connectivity index (χ3v) is 9.71. The highest BCUT2D eigenvalue weighted by Gasteiger charge is 2.38. The number of benzene rings is 1. The van der Waals surface area contributed by atoms with E-state index in [0.717, 1.165) is 61.0 Å². The van der Waals surface area contributed by atoms with Crippen molar-refractivity contribution < 1.29 is 17.9 Å². The van der Waals surface area contributed by atoms with Gasteiger partial charge < -0.3 is 9.52 Å². The van der Waals surface area contributed by atoms with E-state index in [1.165, 1.54) is 6.07 Å². The number of rotatable bonds is 6. The summed E-state index contributed by atoms with van der Waals surface area (Å²) in [4.78, 5) is 13.1. The second-order valence-corrected chi connectivity index (χ2v) is 12.7. The molecule has 0 aliphatic heterocycles. The monoisotopic (exact) mass is 519 g/mol. The lowest BCUT2D eigenvalue weighted by molar-refractivity contribution is 0.382. The minimum atomic E-state index is -3.79. The van der Waals surface area contributed by atoms with Gasteiger partial charge in [0.05, 0.1) is 9.90 Å². The molecule has 1 fully saturated rings. The van der Waals surface area contributed by atoms with Crippen molar-refractivity contribution in [3.05, 3.63) is 73.6 Å². The second kappa shape index (κ2) is 9.40. The highest BCUT2D eigenvalue weighted by Crippen LogP contribution is 2.49. The van der Waals surface area contributed by atoms with Crippen molar-refractivity contribution in [2.45, 2.75) is 61.5 Å². The molecule has 1 unspecified atom stereocenters. The molecule has 0 spiro atoms. The molecule has 2 aromatic heterocycles. The van der Waals surface area contributed by atoms with E-state index >= 15 is 0 Å². The van der Waals surface area contributed by atoms with E-state index in [4.69, 9.17) is 16.0 Å². The molecule has 0 amide bonds. The van der Waals surface area contributed by atoms with E-state index in [2.05, 4.69) is 4.72 Å². The first-order valence-electron chi connectivity index (χ1n) is 11.6. The minimum absolute atomic E-state index is 0.0595. The van der Waals surface area contributed by atoms with Crippen LogP contribution in [0.25, 0.3) is 0 Å². The molecular weight excluding hydrogens is 494 g/mol. The number of aromatic hydroxyl groups is 1. The average molecular weight is 520 g/mol. The van der Waals surface area contributed by atoms with Crippen LogP contribution in [0.3, 0.4) is 0 Å². The zero-order valence-electron chi connectivity index (χ0n) is 18.6. The molecule has 1 saturated carbocycles. The summed E-state index contributed by atoms with van der Waals surface area (Å²) in [7, 11) is -3.79. The number of nitrogens with one attached hydrogen (secondary N) is 1. The van der Waals surface area contributed by atoms with E-state index in [0.29, 0.717) is 34.2 Å². The molecule has 2 aliphatic rings. The molecule has 6 nitrogen and oxygen atoms in total. The molecule has 0 bridgehead atoms. The van der Waals surface area contributed by atoms with E-state index in [9.17, 15) is 18.3 Å². The summed E-state index contributed by atoms with van der Waals surface area (Å²) in [6.07, 6.45) is 7.31. The van der Waals surface area contributed by atoms with Crippen LogP contribution in [0.5, 0.6) is 5.75 Å². The molecule has 0 saturated heterocycles. The number of sulfonamides is 1. The van der Waals surface area contributed by atoms with E-state index < -0.39 is 15.6 Å². The van der Waals surface area contributed by atoms with Crippen LogP contribution in [0.15, 0.2) is 49.8 Å². The molecule has 34 heavy (non-hydrogen) atoms. The van der Waals surface area contributed by atoms with Crippen LogP contribution in [0.2, 0.25) is 4.34 Å². The van der Waals surface area contributed by atoms with Gasteiger partial charge in [-0.25, -0.2) is 13.2 Å². The lowest BCUT2D eigenvalue weighted by Gasteiger charge is -2.22. The predicted octanol–water partition coefficient (Wildman–Crippen LogP) is 6.06. The first kappa shape index (κ1) is 23.5. The van der Waals surface area contributed by atoms with Gasteiger partial charge in [-0.05, 0) is 67.9 Å².